The van der Waals surface area contributed by atoms with Gasteiger partial charge in [0.25, 0.3) is 23.2 Å². The molecule has 316 valence electrons. The summed E-state index contributed by atoms with van der Waals surface area (Å²) in [6, 6.07) is 33.1. The van der Waals surface area contributed by atoms with Crippen LogP contribution in [-0.2, 0) is 35.3 Å². The molecule has 1 aliphatic carbocycles. The highest BCUT2D eigenvalue weighted by Crippen LogP contribution is 2.38. The Labute approximate surface area is 353 Å². The van der Waals surface area contributed by atoms with Gasteiger partial charge in [-0.15, -0.1) is 11.1 Å². The van der Waals surface area contributed by atoms with Crippen LogP contribution in [0.4, 0.5) is 22.7 Å². The lowest BCUT2D eigenvalue weighted by atomic mass is 9.91. The van der Waals surface area contributed by atoms with Gasteiger partial charge >= 0.3 is 0 Å². The van der Waals surface area contributed by atoms with Gasteiger partial charge in [-0.1, -0.05) is 72.8 Å². The highest BCUT2D eigenvalue weighted by molar-refractivity contribution is 5.78. The van der Waals surface area contributed by atoms with E-state index in [0.29, 0.717) is 67.4 Å². The van der Waals surface area contributed by atoms with Crippen molar-refractivity contribution in [3.8, 4) is 23.0 Å². The summed E-state index contributed by atoms with van der Waals surface area (Å²) in [5.41, 5.74) is 21.4. The molecule has 2 amide bonds. The van der Waals surface area contributed by atoms with Crippen LogP contribution >= 0.6 is 0 Å². The maximum Gasteiger partial charge on any atom is 0.273 e. The number of nitro benzene ring substituents is 2. The van der Waals surface area contributed by atoms with Crippen LogP contribution in [0.1, 0.15) is 44.5 Å². The Hall–Kier alpha value is -8.22. The van der Waals surface area contributed by atoms with E-state index in [1.807, 2.05) is 48.5 Å². The number of phenolic OH excluding ortho intramolecular Hbond substituents is 2. The van der Waals surface area contributed by atoms with Gasteiger partial charge in [-0.2, -0.15) is 0 Å². The number of carbonyl (C=O) groups excluding carboxylic acids is 2. The lowest BCUT2D eigenvalue weighted by Gasteiger charge is -2.20. The van der Waals surface area contributed by atoms with Crippen molar-refractivity contribution in [2.24, 2.45) is 0 Å². The van der Waals surface area contributed by atoms with Crippen LogP contribution in [0.25, 0.3) is 0 Å². The Morgan fingerprint density at radius 2 is 0.774 bits per heavy atom. The molecule has 6 aromatic rings. The molecule has 62 heavy (non-hydrogen) atoms. The van der Waals surface area contributed by atoms with E-state index in [1.165, 1.54) is 48.5 Å². The quantitative estimate of drug-likeness (QED) is 0.0487. The standard InChI is InChI=1S/C44H40N8O10/c53-39(47-49-45-35-13-17-37(18-14-35)51(57)58)25-61-43-31-9-3-11-33(43)23-29-7-2-8-30(42(29)56)24-34-12-4-10-32(22-28-6-1-5-27(21-31)41(28)55)44(34)62-26-40(54)48-50-46-36-15-19-38(20-16-36)52(59)60/h1-20,45-46,49-50,55-56H,21-26H2,(H,47,53)(H,48,54). The highest BCUT2D eigenvalue weighted by atomic mass is 16.6. The number of hydrazine groups is 4. The average molecular weight is 841 g/mol. The number of nitrogens with zero attached hydrogens (tertiary/aromatic N) is 2. The number of fused-ring (bicyclic) bond motifs is 8. The number of amides is 2. The summed E-state index contributed by atoms with van der Waals surface area (Å²) < 4.78 is 12.4. The molecule has 0 fully saturated rings. The first-order valence-corrected chi connectivity index (χ1v) is 19.2. The van der Waals surface area contributed by atoms with Gasteiger partial charge in [-0.3, -0.25) is 40.7 Å². The molecule has 0 aromatic heterocycles. The van der Waals surface area contributed by atoms with Gasteiger partial charge in [0.1, 0.15) is 23.0 Å². The molecular weight excluding hydrogens is 801 g/mol. The topological polar surface area (TPSA) is 252 Å². The van der Waals surface area contributed by atoms with Gasteiger partial charge in [-0.05, 0) is 68.8 Å². The number of ether oxygens (including phenoxy) is 2. The van der Waals surface area contributed by atoms with Crippen molar-refractivity contribution in [3.05, 3.63) is 186 Å². The largest absolute Gasteiger partial charge is 0.507 e. The minimum Gasteiger partial charge on any atom is -0.507 e. The molecule has 0 atom stereocenters. The van der Waals surface area contributed by atoms with Gasteiger partial charge in [0, 0.05) is 49.9 Å². The summed E-state index contributed by atoms with van der Waals surface area (Å²) in [5.74, 6) is -0.163. The Bertz CT molecular complexity index is 2360. The number of non-ortho nitro benzene ring substituents is 2. The van der Waals surface area contributed by atoms with E-state index in [2.05, 4.69) is 32.8 Å². The smallest absolute Gasteiger partial charge is 0.273 e. The second-order valence-corrected chi connectivity index (χ2v) is 14.1. The highest BCUT2D eigenvalue weighted by Gasteiger charge is 2.21. The molecule has 0 saturated carbocycles. The molecule has 1 aliphatic rings. The second kappa shape index (κ2) is 19.2. The molecule has 7 rings (SSSR count). The number of carbonyl (C=O) groups is 2. The number of hydrogen-bond donors (Lipinski definition) is 8. The van der Waals surface area contributed by atoms with E-state index < -0.39 is 34.9 Å². The number of hydrogen-bond acceptors (Lipinski definition) is 14. The monoisotopic (exact) mass is 840 g/mol. The van der Waals surface area contributed by atoms with Crippen LogP contribution in [0, 0.1) is 20.2 Å². The van der Waals surface area contributed by atoms with E-state index in [-0.39, 0.29) is 48.6 Å². The number of phenols is 2. The molecule has 0 spiro atoms. The summed E-state index contributed by atoms with van der Waals surface area (Å²) in [5, 5.41) is 45.3. The van der Waals surface area contributed by atoms with E-state index in [1.54, 1.807) is 24.3 Å². The summed E-state index contributed by atoms with van der Waals surface area (Å²) in [7, 11) is 0. The zero-order valence-electron chi connectivity index (χ0n) is 32.8. The van der Waals surface area contributed by atoms with Crippen LogP contribution in [0.3, 0.4) is 0 Å². The number of nitrogens with one attached hydrogen (secondary N) is 6. The van der Waals surface area contributed by atoms with Crippen molar-refractivity contribution < 1.29 is 39.1 Å². The van der Waals surface area contributed by atoms with Crippen molar-refractivity contribution in [2.45, 2.75) is 25.7 Å². The number of aromatic hydroxyl groups is 2. The van der Waals surface area contributed by atoms with Crippen molar-refractivity contribution in [1.29, 1.82) is 0 Å². The van der Waals surface area contributed by atoms with Crippen LogP contribution < -0.4 is 42.2 Å². The zero-order chi connectivity index (χ0) is 43.6. The van der Waals surface area contributed by atoms with Crippen molar-refractivity contribution in [1.82, 2.24) is 21.9 Å². The first kappa shape index (κ1) is 41.9. The second-order valence-electron chi connectivity index (χ2n) is 14.1. The van der Waals surface area contributed by atoms with E-state index in [4.69, 9.17) is 9.47 Å². The summed E-state index contributed by atoms with van der Waals surface area (Å²) in [6.45, 7) is -0.808. The predicted octanol–water partition coefficient (Wildman–Crippen LogP) is 5.64. The van der Waals surface area contributed by atoms with E-state index in [0.717, 1.165) is 0 Å². The van der Waals surface area contributed by atoms with Crippen molar-refractivity contribution >= 4 is 34.6 Å². The molecule has 18 nitrogen and oxygen atoms in total. The SMILES string of the molecule is O=C(COc1c2cccc1Cc1cccc(c1O)Cc1cccc(c1OCC(=O)NNNc1ccc([N+](=O)[O-])cc1)Cc1cccc(c1O)C2)NNNc1ccc([N+](=O)[O-])cc1. The molecular formula is C44H40N8O10. The predicted molar refractivity (Wildman–Crippen MR) is 227 cm³/mol. The zero-order valence-corrected chi connectivity index (χ0v) is 32.8. The Morgan fingerprint density at radius 1 is 0.484 bits per heavy atom. The molecule has 6 aromatic carbocycles. The van der Waals surface area contributed by atoms with Crippen LogP contribution in [0.15, 0.2) is 121 Å². The first-order chi connectivity index (χ1) is 30.0. The van der Waals surface area contributed by atoms with Gasteiger partial charge in [-0.25, -0.2) is 0 Å². The molecule has 0 saturated heterocycles. The van der Waals surface area contributed by atoms with E-state index >= 15 is 0 Å². The van der Waals surface area contributed by atoms with Crippen LogP contribution in [0.2, 0.25) is 0 Å². The van der Waals surface area contributed by atoms with Gasteiger partial charge < -0.3 is 30.5 Å². The molecule has 8 N–H and O–H groups in total. The molecule has 18 heteroatoms. The minimum absolute atomic E-state index is 0.0497. The summed E-state index contributed by atoms with van der Waals surface area (Å²) in [4.78, 5) is 46.8. The number of para-hydroxylation sites is 4. The van der Waals surface area contributed by atoms with Gasteiger partial charge in [0.15, 0.2) is 13.2 Å². The summed E-state index contributed by atoms with van der Waals surface area (Å²) in [6.07, 6.45) is 0.893. The number of benzene rings is 6. The lowest BCUT2D eigenvalue weighted by molar-refractivity contribution is -0.385. The molecule has 0 aliphatic heterocycles. The fourth-order valence-electron chi connectivity index (χ4n) is 6.91. The Balaban J connectivity index is 1.11. The van der Waals surface area contributed by atoms with E-state index in [9.17, 15) is 40.0 Å². The summed E-state index contributed by atoms with van der Waals surface area (Å²) >= 11 is 0. The van der Waals surface area contributed by atoms with Crippen LogP contribution in [-0.4, -0.2) is 45.1 Å². The third kappa shape index (κ3) is 10.3. The number of rotatable bonds is 14. The first-order valence-electron chi connectivity index (χ1n) is 19.2. The fourth-order valence-corrected chi connectivity index (χ4v) is 6.91. The maximum atomic E-state index is 13.0. The van der Waals surface area contributed by atoms with Crippen molar-refractivity contribution in [2.75, 3.05) is 24.1 Å². The third-order valence-electron chi connectivity index (χ3n) is 9.96. The third-order valence-corrected chi connectivity index (χ3v) is 9.96. The average Bonchev–Trinajstić information content (AvgIpc) is 3.26. The van der Waals surface area contributed by atoms with Gasteiger partial charge in [0.2, 0.25) is 0 Å². The van der Waals surface area contributed by atoms with Crippen LogP contribution in [0.5, 0.6) is 23.0 Å². The molecule has 0 heterocycles. The number of nitro groups is 2. The Kier molecular flexibility index (Phi) is 13.0. The molecule has 8 bridgehead atoms. The molecule has 0 unspecified atom stereocenters. The Morgan fingerprint density at radius 3 is 1.06 bits per heavy atom. The molecule has 0 radical (unpaired) electrons. The maximum absolute atomic E-state index is 13.0. The minimum atomic E-state index is -0.538. The van der Waals surface area contributed by atoms with Gasteiger partial charge in [0.05, 0.1) is 21.2 Å². The normalized spacial score (nSPS) is 11.7. The number of anilines is 2. The fraction of sp³-hybridized carbons (Fsp3) is 0.136. The van der Waals surface area contributed by atoms with Crippen molar-refractivity contribution in [3.63, 3.8) is 0 Å². The lowest BCUT2D eigenvalue weighted by Crippen LogP contribution is -2.43.